The van der Waals surface area contributed by atoms with Crippen molar-refractivity contribution in [3.05, 3.63) is 0 Å². The molecular weight excluding hydrogens is 260 g/mol. The monoisotopic (exact) mass is 282 g/mol. The number of hydrogen-bond donors (Lipinski definition) is 4. The Morgan fingerprint density at radius 3 is 2.11 bits per heavy atom. The van der Waals surface area contributed by atoms with Crippen LogP contribution in [-0.4, -0.2) is 91.3 Å². The molecular formula is C11H22O8. The minimum atomic E-state index is -1.76. The quantitative estimate of drug-likeness (QED) is 0.225. The highest BCUT2D eigenvalue weighted by molar-refractivity contribution is 5.56. The molecule has 0 fully saturated rings. The molecule has 0 aromatic rings. The van der Waals surface area contributed by atoms with Gasteiger partial charge in [-0.2, -0.15) is 0 Å². The summed E-state index contributed by atoms with van der Waals surface area (Å²) in [6, 6.07) is 0. The Balaban J connectivity index is 3.67. The van der Waals surface area contributed by atoms with Crippen LogP contribution in [0, 0.1) is 0 Å². The summed E-state index contributed by atoms with van der Waals surface area (Å²) in [5.41, 5.74) is 0. The molecule has 0 aliphatic heterocycles. The van der Waals surface area contributed by atoms with E-state index >= 15 is 0 Å². The number of aliphatic hydroxyl groups is 4. The molecule has 0 aliphatic rings. The zero-order valence-electron chi connectivity index (χ0n) is 10.8. The first-order chi connectivity index (χ1) is 9.04. The average Bonchev–Trinajstić information content (AvgIpc) is 2.43. The summed E-state index contributed by atoms with van der Waals surface area (Å²) in [6.07, 6.45) is -6.51. The van der Waals surface area contributed by atoms with Gasteiger partial charge in [-0.1, -0.05) is 0 Å². The van der Waals surface area contributed by atoms with Crippen LogP contribution in [0.4, 0.5) is 0 Å². The number of aldehydes is 1. The van der Waals surface area contributed by atoms with Crippen LogP contribution < -0.4 is 0 Å². The van der Waals surface area contributed by atoms with Gasteiger partial charge in [0.05, 0.1) is 33.0 Å². The van der Waals surface area contributed by atoms with E-state index in [0.29, 0.717) is 19.8 Å². The molecule has 19 heavy (non-hydrogen) atoms. The van der Waals surface area contributed by atoms with Gasteiger partial charge in [0.15, 0.2) is 6.29 Å². The number of rotatable bonds is 12. The van der Waals surface area contributed by atoms with Gasteiger partial charge < -0.3 is 39.4 Å². The molecule has 0 bridgehead atoms. The molecule has 4 N–H and O–H groups in total. The molecule has 114 valence electrons. The normalized spacial score (nSPS) is 17.7. The lowest BCUT2D eigenvalue weighted by Crippen LogP contribution is -2.46. The third-order valence-corrected chi connectivity index (χ3v) is 2.33. The van der Waals surface area contributed by atoms with Crippen molar-refractivity contribution in [1.29, 1.82) is 0 Å². The predicted molar refractivity (Wildman–Crippen MR) is 63.6 cm³/mol. The van der Waals surface area contributed by atoms with E-state index in [9.17, 15) is 20.1 Å². The van der Waals surface area contributed by atoms with Crippen LogP contribution in [-0.2, 0) is 19.0 Å². The van der Waals surface area contributed by atoms with E-state index in [0.717, 1.165) is 0 Å². The molecule has 8 nitrogen and oxygen atoms in total. The smallest absolute Gasteiger partial charge is 0.151 e. The van der Waals surface area contributed by atoms with Crippen molar-refractivity contribution in [3.8, 4) is 0 Å². The molecule has 0 saturated heterocycles. The molecule has 4 unspecified atom stereocenters. The molecule has 0 heterocycles. The van der Waals surface area contributed by atoms with Crippen molar-refractivity contribution in [2.24, 2.45) is 0 Å². The van der Waals surface area contributed by atoms with Gasteiger partial charge in [-0.15, -0.1) is 0 Å². The van der Waals surface area contributed by atoms with Crippen LogP contribution in [0.25, 0.3) is 0 Å². The van der Waals surface area contributed by atoms with Crippen LogP contribution >= 0.6 is 0 Å². The lowest BCUT2D eigenvalue weighted by atomic mass is 10.0. The minimum Gasteiger partial charge on any atom is -0.388 e. The summed E-state index contributed by atoms with van der Waals surface area (Å²) in [6.45, 7) is 1.13. The summed E-state index contributed by atoms with van der Waals surface area (Å²) in [7, 11) is 1.55. The Labute approximate surface area is 111 Å². The molecule has 0 radical (unpaired) electrons. The van der Waals surface area contributed by atoms with Crippen LogP contribution in [0.1, 0.15) is 0 Å². The maximum atomic E-state index is 10.2. The van der Waals surface area contributed by atoms with Gasteiger partial charge in [0.1, 0.15) is 24.4 Å². The Kier molecular flexibility index (Phi) is 10.9. The predicted octanol–water partition coefficient (Wildman–Crippen LogP) is -2.69. The molecule has 4 atom stereocenters. The SMILES string of the molecule is COCCOCCOCC(O)C(O)C(O)C(O)C=O. The first-order valence-corrected chi connectivity index (χ1v) is 5.86. The van der Waals surface area contributed by atoms with E-state index in [-0.39, 0.29) is 19.5 Å². The van der Waals surface area contributed by atoms with E-state index in [4.69, 9.17) is 19.3 Å². The van der Waals surface area contributed by atoms with Gasteiger partial charge in [0.25, 0.3) is 0 Å². The summed E-state index contributed by atoms with van der Waals surface area (Å²) in [5, 5.41) is 37.1. The summed E-state index contributed by atoms with van der Waals surface area (Å²) >= 11 is 0. The van der Waals surface area contributed by atoms with Gasteiger partial charge in [-0.25, -0.2) is 0 Å². The standard InChI is InChI=1S/C11H22O8/c1-17-2-3-18-4-5-19-7-9(14)11(16)10(15)8(13)6-12/h6,8-11,13-16H,2-5,7H2,1H3. The number of carbonyl (C=O) groups is 1. The average molecular weight is 282 g/mol. The fourth-order valence-electron chi connectivity index (χ4n) is 1.17. The topological polar surface area (TPSA) is 126 Å². The Morgan fingerprint density at radius 2 is 1.53 bits per heavy atom. The van der Waals surface area contributed by atoms with Gasteiger partial charge in [-0.05, 0) is 0 Å². The van der Waals surface area contributed by atoms with E-state index < -0.39 is 24.4 Å². The Bertz CT molecular complexity index is 225. The molecule has 0 aromatic carbocycles. The first kappa shape index (κ1) is 18.4. The van der Waals surface area contributed by atoms with E-state index in [1.54, 1.807) is 7.11 Å². The number of ether oxygens (including phenoxy) is 3. The summed E-state index contributed by atoms with van der Waals surface area (Å²) in [5.74, 6) is 0. The third kappa shape index (κ3) is 8.22. The third-order valence-electron chi connectivity index (χ3n) is 2.33. The van der Waals surface area contributed by atoms with Crippen molar-refractivity contribution >= 4 is 6.29 Å². The van der Waals surface area contributed by atoms with Gasteiger partial charge in [0.2, 0.25) is 0 Å². The minimum absolute atomic E-state index is 0.0745. The van der Waals surface area contributed by atoms with Crippen LogP contribution in [0.5, 0.6) is 0 Å². The van der Waals surface area contributed by atoms with Crippen LogP contribution in [0.15, 0.2) is 0 Å². The first-order valence-electron chi connectivity index (χ1n) is 5.86. The molecule has 0 rings (SSSR count). The largest absolute Gasteiger partial charge is 0.388 e. The van der Waals surface area contributed by atoms with Gasteiger partial charge in [-0.3, -0.25) is 0 Å². The highest BCUT2D eigenvalue weighted by Crippen LogP contribution is 2.04. The van der Waals surface area contributed by atoms with E-state index in [2.05, 4.69) is 0 Å². The second kappa shape index (κ2) is 11.2. The van der Waals surface area contributed by atoms with E-state index in [1.165, 1.54) is 0 Å². The molecule has 0 aromatic heterocycles. The lowest BCUT2D eigenvalue weighted by molar-refractivity contribution is -0.139. The number of aliphatic hydroxyl groups excluding tert-OH is 4. The summed E-state index contributed by atoms with van der Waals surface area (Å²) < 4.78 is 14.9. The molecule has 0 aliphatic carbocycles. The van der Waals surface area contributed by atoms with Crippen LogP contribution in [0.3, 0.4) is 0 Å². The summed E-state index contributed by atoms with van der Waals surface area (Å²) in [4.78, 5) is 10.2. The van der Waals surface area contributed by atoms with E-state index in [1.807, 2.05) is 0 Å². The second-order valence-corrected chi connectivity index (χ2v) is 3.86. The maximum absolute atomic E-state index is 10.2. The highest BCUT2D eigenvalue weighted by Gasteiger charge is 2.30. The van der Waals surface area contributed by atoms with Crippen molar-refractivity contribution < 1.29 is 39.4 Å². The molecule has 0 amide bonds. The van der Waals surface area contributed by atoms with Gasteiger partial charge in [0, 0.05) is 7.11 Å². The van der Waals surface area contributed by atoms with Crippen molar-refractivity contribution in [2.45, 2.75) is 24.4 Å². The molecule has 8 heteroatoms. The number of carbonyl (C=O) groups excluding carboxylic acids is 1. The van der Waals surface area contributed by atoms with Crippen molar-refractivity contribution in [1.82, 2.24) is 0 Å². The van der Waals surface area contributed by atoms with Gasteiger partial charge >= 0.3 is 0 Å². The second-order valence-electron chi connectivity index (χ2n) is 3.86. The van der Waals surface area contributed by atoms with Crippen LogP contribution in [0.2, 0.25) is 0 Å². The fraction of sp³-hybridized carbons (Fsp3) is 0.909. The van der Waals surface area contributed by atoms with Crippen molar-refractivity contribution in [2.75, 3.05) is 40.1 Å². The highest BCUT2D eigenvalue weighted by atomic mass is 16.5. The Hall–Kier alpha value is -0.610. The number of methoxy groups -OCH3 is 1. The fourth-order valence-corrected chi connectivity index (χ4v) is 1.17. The molecule has 0 spiro atoms. The zero-order chi connectivity index (χ0) is 14.7. The van der Waals surface area contributed by atoms with Crippen molar-refractivity contribution in [3.63, 3.8) is 0 Å². The zero-order valence-corrected chi connectivity index (χ0v) is 10.8. The lowest BCUT2D eigenvalue weighted by Gasteiger charge is -2.23. The Morgan fingerprint density at radius 1 is 0.947 bits per heavy atom. The maximum Gasteiger partial charge on any atom is 0.151 e. The molecule has 0 saturated carbocycles. The number of hydrogen-bond acceptors (Lipinski definition) is 8.